The first kappa shape index (κ1) is 20.6. The predicted molar refractivity (Wildman–Crippen MR) is 117 cm³/mol. The van der Waals surface area contributed by atoms with Crippen molar-refractivity contribution in [2.75, 3.05) is 5.75 Å². The van der Waals surface area contributed by atoms with E-state index in [-0.39, 0.29) is 17.4 Å². The SMILES string of the molecule is C=CCn1c(SCC(=O)c2cc(C)n(-c3ccc(C)c(F)c3)c2C)nnc1C1CC1. The Morgan fingerprint density at radius 3 is 2.70 bits per heavy atom. The lowest BCUT2D eigenvalue weighted by molar-refractivity contribution is 0.102. The minimum absolute atomic E-state index is 0.0214. The van der Waals surface area contributed by atoms with Gasteiger partial charge in [-0.05, 0) is 57.4 Å². The summed E-state index contributed by atoms with van der Waals surface area (Å²) in [5.74, 6) is 1.51. The Morgan fingerprint density at radius 2 is 2.03 bits per heavy atom. The Labute approximate surface area is 180 Å². The van der Waals surface area contributed by atoms with E-state index in [0.717, 1.165) is 40.9 Å². The molecule has 0 amide bonds. The number of benzene rings is 1. The zero-order valence-corrected chi connectivity index (χ0v) is 18.3. The Hall–Kier alpha value is -2.67. The van der Waals surface area contributed by atoms with E-state index in [1.807, 2.05) is 36.6 Å². The first-order chi connectivity index (χ1) is 14.4. The largest absolute Gasteiger partial charge is 0.318 e. The van der Waals surface area contributed by atoms with Crippen molar-refractivity contribution in [2.45, 2.75) is 51.2 Å². The molecule has 1 aliphatic rings. The number of ketones is 1. The molecule has 4 rings (SSSR count). The topological polar surface area (TPSA) is 52.7 Å². The summed E-state index contributed by atoms with van der Waals surface area (Å²) in [5, 5.41) is 9.38. The monoisotopic (exact) mass is 424 g/mol. The van der Waals surface area contributed by atoms with E-state index >= 15 is 0 Å². The second-order valence-electron chi connectivity index (χ2n) is 7.78. The van der Waals surface area contributed by atoms with Crippen LogP contribution in [0.5, 0.6) is 0 Å². The molecule has 1 saturated carbocycles. The Bertz CT molecular complexity index is 1130. The van der Waals surface area contributed by atoms with Gasteiger partial charge < -0.3 is 9.13 Å². The van der Waals surface area contributed by atoms with Gasteiger partial charge in [0.15, 0.2) is 10.9 Å². The van der Waals surface area contributed by atoms with Gasteiger partial charge in [-0.3, -0.25) is 4.79 Å². The highest BCUT2D eigenvalue weighted by Gasteiger charge is 2.30. The highest BCUT2D eigenvalue weighted by atomic mass is 32.2. The van der Waals surface area contributed by atoms with E-state index in [9.17, 15) is 9.18 Å². The van der Waals surface area contributed by atoms with Crippen LogP contribution in [0.4, 0.5) is 4.39 Å². The summed E-state index contributed by atoms with van der Waals surface area (Å²) >= 11 is 1.40. The summed E-state index contributed by atoms with van der Waals surface area (Å²) in [4.78, 5) is 13.0. The van der Waals surface area contributed by atoms with Crippen LogP contribution in [0.25, 0.3) is 5.69 Å². The minimum Gasteiger partial charge on any atom is -0.318 e. The van der Waals surface area contributed by atoms with E-state index in [2.05, 4.69) is 21.3 Å². The summed E-state index contributed by atoms with van der Waals surface area (Å²) < 4.78 is 18.0. The van der Waals surface area contributed by atoms with Crippen LogP contribution in [-0.4, -0.2) is 30.9 Å². The number of aromatic nitrogens is 4. The van der Waals surface area contributed by atoms with Gasteiger partial charge in [0.1, 0.15) is 11.6 Å². The molecule has 3 aromatic rings. The number of aryl methyl sites for hydroxylation is 2. The van der Waals surface area contributed by atoms with Crippen LogP contribution >= 0.6 is 11.8 Å². The quantitative estimate of drug-likeness (QED) is 0.284. The van der Waals surface area contributed by atoms with Gasteiger partial charge in [0.2, 0.25) is 0 Å². The normalized spacial score (nSPS) is 13.6. The molecule has 0 saturated heterocycles. The zero-order chi connectivity index (χ0) is 21.4. The molecule has 156 valence electrons. The highest BCUT2D eigenvalue weighted by molar-refractivity contribution is 7.99. The Kier molecular flexibility index (Phi) is 5.64. The van der Waals surface area contributed by atoms with Crippen LogP contribution < -0.4 is 0 Å². The average Bonchev–Trinajstić information content (AvgIpc) is 3.41. The van der Waals surface area contributed by atoms with Crippen molar-refractivity contribution in [2.24, 2.45) is 0 Å². The van der Waals surface area contributed by atoms with Crippen LogP contribution in [-0.2, 0) is 6.54 Å². The fraction of sp³-hybridized carbons (Fsp3) is 0.348. The fourth-order valence-electron chi connectivity index (χ4n) is 3.72. The molecular weight excluding hydrogens is 399 g/mol. The third kappa shape index (κ3) is 3.86. The standard InChI is InChI=1S/C23H25FN4OS/c1-5-10-27-22(17-7-8-17)25-26-23(27)30-13-21(29)19-11-15(3)28(16(19)4)18-9-6-14(2)20(24)12-18/h5-6,9,11-12,17H,1,7-8,10,13H2,2-4H3. The maximum Gasteiger partial charge on any atom is 0.191 e. The molecule has 1 aliphatic carbocycles. The van der Waals surface area contributed by atoms with Gasteiger partial charge in [-0.1, -0.05) is 23.9 Å². The van der Waals surface area contributed by atoms with Crippen molar-refractivity contribution in [3.8, 4) is 5.69 Å². The number of thioether (sulfide) groups is 1. The van der Waals surface area contributed by atoms with Gasteiger partial charge in [-0.15, -0.1) is 16.8 Å². The van der Waals surface area contributed by atoms with Gasteiger partial charge in [0, 0.05) is 35.1 Å². The lowest BCUT2D eigenvalue weighted by atomic mass is 10.2. The van der Waals surface area contributed by atoms with Crippen LogP contribution in [0.1, 0.15) is 51.9 Å². The number of carbonyl (C=O) groups excluding carboxylic acids is 1. The summed E-state index contributed by atoms with van der Waals surface area (Å²) in [7, 11) is 0. The third-order valence-electron chi connectivity index (χ3n) is 5.48. The van der Waals surface area contributed by atoms with Gasteiger partial charge in [0.05, 0.1) is 5.75 Å². The molecule has 7 heteroatoms. The van der Waals surface area contributed by atoms with E-state index < -0.39 is 0 Å². The van der Waals surface area contributed by atoms with E-state index in [4.69, 9.17) is 0 Å². The number of allylic oxidation sites excluding steroid dienone is 1. The van der Waals surface area contributed by atoms with Gasteiger partial charge in [0.25, 0.3) is 0 Å². The summed E-state index contributed by atoms with van der Waals surface area (Å²) in [6, 6.07) is 7.01. The van der Waals surface area contributed by atoms with Gasteiger partial charge in [-0.2, -0.15) is 0 Å². The second kappa shape index (κ2) is 8.22. The summed E-state index contributed by atoms with van der Waals surface area (Å²) in [5.41, 5.74) is 3.68. The molecule has 30 heavy (non-hydrogen) atoms. The maximum atomic E-state index is 14.1. The molecule has 5 nitrogen and oxygen atoms in total. The minimum atomic E-state index is -0.253. The van der Waals surface area contributed by atoms with Gasteiger partial charge >= 0.3 is 0 Å². The Morgan fingerprint density at radius 1 is 1.27 bits per heavy atom. The van der Waals surface area contributed by atoms with Crippen molar-refractivity contribution in [3.63, 3.8) is 0 Å². The lowest BCUT2D eigenvalue weighted by Gasteiger charge is -2.11. The van der Waals surface area contributed by atoms with Crippen LogP contribution in [0.2, 0.25) is 0 Å². The maximum absolute atomic E-state index is 14.1. The molecule has 0 spiro atoms. The number of Topliss-reactive ketones (excluding diaryl/α,β-unsaturated/α-hetero) is 1. The van der Waals surface area contributed by atoms with Crippen LogP contribution in [0.3, 0.4) is 0 Å². The lowest BCUT2D eigenvalue weighted by Crippen LogP contribution is -2.08. The summed E-state index contributed by atoms with van der Waals surface area (Å²) in [6.45, 7) is 10.0. The number of nitrogens with zero attached hydrogens (tertiary/aromatic N) is 4. The second-order valence-corrected chi connectivity index (χ2v) is 8.72. The highest BCUT2D eigenvalue weighted by Crippen LogP contribution is 2.40. The number of rotatable bonds is 8. The first-order valence-corrected chi connectivity index (χ1v) is 11.0. The average molecular weight is 425 g/mol. The van der Waals surface area contributed by atoms with E-state index in [1.165, 1.54) is 17.8 Å². The third-order valence-corrected chi connectivity index (χ3v) is 6.44. The molecule has 0 unspecified atom stereocenters. The molecule has 2 aromatic heterocycles. The Balaban J connectivity index is 1.55. The van der Waals surface area contributed by atoms with E-state index in [0.29, 0.717) is 23.6 Å². The zero-order valence-electron chi connectivity index (χ0n) is 17.5. The summed E-state index contributed by atoms with van der Waals surface area (Å²) in [6.07, 6.45) is 4.12. The molecular formula is C23H25FN4OS. The van der Waals surface area contributed by atoms with Crippen LogP contribution in [0.15, 0.2) is 42.1 Å². The van der Waals surface area contributed by atoms with Crippen molar-refractivity contribution in [3.05, 3.63) is 71.1 Å². The molecule has 2 heterocycles. The van der Waals surface area contributed by atoms with Gasteiger partial charge in [-0.25, -0.2) is 4.39 Å². The predicted octanol–water partition coefficient (Wildman–Crippen LogP) is 5.17. The van der Waals surface area contributed by atoms with Crippen molar-refractivity contribution < 1.29 is 9.18 Å². The number of hydrogen-bond donors (Lipinski definition) is 0. The number of halogens is 1. The molecule has 1 fully saturated rings. The van der Waals surface area contributed by atoms with Crippen molar-refractivity contribution >= 4 is 17.5 Å². The molecule has 0 atom stereocenters. The molecule has 0 radical (unpaired) electrons. The molecule has 1 aromatic carbocycles. The smallest absolute Gasteiger partial charge is 0.191 e. The van der Waals surface area contributed by atoms with Crippen molar-refractivity contribution in [1.82, 2.24) is 19.3 Å². The molecule has 0 N–H and O–H groups in total. The molecule has 0 aliphatic heterocycles. The molecule has 0 bridgehead atoms. The number of carbonyl (C=O) groups is 1. The van der Waals surface area contributed by atoms with E-state index in [1.54, 1.807) is 13.0 Å². The number of hydrogen-bond acceptors (Lipinski definition) is 4. The van der Waals surface area contributed by atoms with Crippen molar-refractivity contribution in [1.29, 1.82) is 0 Å². The fourth-order valence-corrected chi connectivity index (χ4v) is 4.56. The van der Waals surface area contributed by atoms with Crippen LogP contribution in [0, 0.1) is 26.6 Å². The first-order valence-electron chi connectivity index (χ1n) is 10.1.